The first kappa shape index (κ1) is 14.9. The van der Waals surface area contributed by atoms with Crippen molar-refractivity contribution in [2.45, 2.75) is 11.0 Å². The number of hydrogen-bond acceptors (Lipinski definition) is 2. The smallest absolute Gasteiger partial charge is 0.142 e. The van der Waals surface area contributed by atoms with Crippen LogP contribution in [0, 0.1) is 5.82 Å². The number of hydrogen-bond donors (Lipinski definition) is 1. The van der Waals surface area contributed by atoms with Crippen LogP contribution >= 0.6 is 39.3 Å². The summed E-state index contributed by atoms with van der Waals surface area (Å²) in [7, 11) is 0. The quantitative estimate of drug-likeness (QED) is 0.772. The molecule has 0 aliphatic heterocycles. The fourth-order valence-corrected chi connectivity index (χ4v) is 3.16. The minimum Gasteiger partial charge on any atom is -0.384 e. The second kappa shape index (κ2) is 6.27. The summed E-state index contributed by atoms with van der Waals surface area (Å²) in [6.45, 7) is 0. The van der Waals surface area contributed by atoms with Gasteiger partial charge in [0.15, 0.2) is 0 Å². The molecule has 100 valence electrons. The average molecular weight is 362 g/mol. The minimum atomic E-state index is -1.04. The molecule has 0 amide bonds. The van der Waals surface area contributed by atoms with Gasteiger partial charge in [-0.1, -0.05) is 39.7 Å². The predicted molar refractivity (Wildman–Crippen MR) is 81.4 cm³/mol. The highest BCUT2D eigenvalue weighted by atomic mass is 79.9. The molecule has 2 aromatic carbocycles. The summed E-state index contributed by atoms with van der Waals surface area (Å²) in [5, 5.41) is 10.8. The molecule has 0 radical (unpaired) electrons. The van der Waals surface area contributed by atoms with Crippen LogP contribution in [-0.4, -0.2) is 11.4 Å². The van der Waals surface area contributed by atoms with E-state index in [0.29, 0.717) is 15.5 Å². The molecule has 1 atom stereocenters. The van der Waals surface area contributed by atoms with Crippen LogP contribution in [0.25, 0.3) is 0 Å². The summed E-state index contributed by atoms with van der Waals surface area (Å²) in [6.07, 6.45) is 0.752. The van der Waals surface area contributed by atoms with Gasteiger partial charge in [-0.25, -0.2) is 4.39 Å². The van der Waals surface area contributed by atoms with Crippen molar-refractivity contribution in [2.24, 2.45) is 0 Å². The van der Waals surface area contributed by atoms with E-state index in [0.717, 1.165) is 4.47 Å². The van der Waals surface area contributed by atoms with Crippen LogP contribution in [0.5, 0.6) is 0 Å². The third-order valence-corrected chi connectivity index (χ3v) is 4.14. The van der Waals surface area contributed by atoms with Crippen molar-refractivity contribution in [1.82, 2.24) is 0 Å². The van der Waals surface area contributed by atoms with Gasteiger partial charge < -0.3 is 5.11 Å². The second-order valence-electron chi connectivity index (χ2n) is 3.97. The molecular weight excluding hydrogens is 351 g/mol. The van der Waals surface area contributed by atoms with Gasteiger partial charge in [0.05, 0.1) is 0 Å². The number of rotatable bonds is 3. The summed E-state index contributed by atoms with van der Waals surface area (Å²) in [5.41, 5.74) is 0.803. The number of halogens is 3. The second-order valence-corrected chi connectivity index (χ2v) is 6.17. The zero-order valence-electron chi connectivity index (χ0n) is 10.0. The lowest BCUT2D eigenvalue weighted by molar-refractivity contribution is 0.214. The monoisotopic (exact) mass is 360 g/mol. The van der Waals surface area contributed by atoms with Gasteiger partial charge in [-0.05, 0) is 36.1 Å². The van der Waals surface area contributed by atoms with Crippen molar-refractivity contribution < 1.29 is 9.50 Å². The molecule has 0 aliphatic carbocycles. The fourth-order valence-electron chi connectivity index (χ4n) is 1.79. The van der Waals surface area contributed by atoms with Crippen molar-refractivity contribution >= 4 is 39.3 Å². The molecule has 0 saturated heterocycles. The highest BCUT2D eigenvalue weighted by molar-refractivity contribution is 9.10. The Balaban J connectivity index is 2.49. The maximum atomic E-state index is 14.3. The van der Waals surface area contributed by atoms with Crippen LogP contribution < -0.4 is 0 Å². The molecule has 2 rings (SSSR count). The van der Waals surface area contributed by atoms with E-state index in [4.69, 9.17) is 11.6 Å². The molecule has 1 unspecified atom stereocenters. The summed E-state index contributed by atoms with van der Waals surface area (Å²) in [5.74, 6) is -0.400. The molecule has 0 fully saturated rings. The predicted octanol–water partition coefficient (Wildman–Crippen LogP) is 5.05. The normalized spacial score (nSPS) is 12.5. The highest BCUT2D eigenvalue weighted by Crippen LogP contribution is 2.33. The van der Waals surface area contributed by atoms with E-state index in [1.165, 1.54) is 11.8 Å². The zero-order valence-corrected chi connectivity index (χ0v) is 13.2. The van der Waals surface area contributed by atoms with Crippen molar-refractivity contribution in [3.63, 3.8) is 0 Å². The van der Waals surface area contributed by atoms with E-state index >= 15 is 0 Å². The first-order valence-corrected chi connectivity index (χ1v) is 7.89. The Morgan fingerprint density at radius 3 is 2.68 bits per heavy atom. The topological polar surface area (TPSA) is 20.2 Å². The van der Waals surface area contributed by atoms with Gasteiger partial charge in [-0.15, -0.1) is 11.8 Å². The number of benzene rings is 2. The Morgan fingerprint density at radius 2 is 2.05 bits per heavy atom. The molecule has 0 aromatic heterocycles. The van der Waals surface area contributed by atoms with Gasteiger partial charge in [-0.2, -0.15) is 0 Å². The molecule has 2 aromatic rings. The van der Waals surface area contributed by atoms with Gasteiger partial charge in [0.25, 0.3) is 0 Å². The number of thioether (sulfide) groups is 1. The van der Waals surface area contributed by atoms with E-state index in [1.54, 1.807) is 42.7 Å². The molecule has 5 heteroatoms. The lowest BCUT2D eigenvalue weighted by Crippen LogP contribution is -2.04. The van der Waals surface area contributed by atoms with Crippen LogP contribution in [-0.2, 0) is 0 Å². The minimum absolute atomic E-state index is 0.237. The third-order valence-electron chi connectivity index (χ3n) is 2.71. The van der Waals surface area contributed by atoms with Gasteiger partial charge >= 0.3 is 0 Å². The van der Waals surface area contributed by atoms with E-state index in [9.17, 15) is 9.50 Å². The maximum absolute atomic E-state index is 14.3. The molecule has 0 saturated carbocycles. The lowest BCUT2D eigenvalue weighted by atomic mass is 10.0. The van der Waals surface area contributed by atoms with E-state index < -0.39 is 11.9 Å². The van der Waals surface area contributed by atoms with Crippen molar-refractivity contribution in [3.8, 4) is 0 Å². The van der Waals surface area contributed by atoms with Crippen LogP contribution in [0.3, 0.4) is 0 Å². The highest BCUT2D eigenvalue weighted by Gasteiger charge is 2.18. The van der Waals surface area contributed by atoms with Crippen molar-refractivity contribution in [3.05, 3.63) is 62.8 Å². The molecule has 19 heavy (non-hydrogen) atoms. The van der Waals surface area contributed by atoms with E-state index in [2.05, 4.69) is 15.9 Å². The summed E-state index contributed by atoms with van der Waals surface area (Å²) in [4.78, 5) is 0.491. The van der Waals surface area contributed by atoms with Crippen LogP contribution in [0.4, 0.5) is 4.39 Å². The Bertz CT molecular complexity index is 606. The lowest BCUT2D eigenvalue weighted by Gasteiger charge is -2.15. The van der Waals surface area contributed by atoms with Gasteiger partial charge in [0.1, 0.15) is 11.9 Å². The SMILES string of the molecule is CSc1cc(Br)cc(C(O)c2cccc(Cl)c2)c1F. The Kier molecular flexibility index (Phi) is 4.90. The Hall–Kier alpha value is -0.550. The molecular formula is C14H11BrClFOS. The standard InChI is InChI=1S/C14H11BrClFOS/c1-19-12-7-9(15)6-11(13(12)17)14(18)8-3-2-4-10(16)5-8/h2-7,14,18H,1H3. The largest absolute Gasteiger partial charge is 0.384 e. The van der Waals surface area contributed by atoms with E-state index in [1.807, 2.05) is 0 Å². The molecule has 0 bridgehead atoms. The first-order chi connectivity index (χ1) is 9.02. The first-order valence-electron chi connectivity index (χ1n) is 5.49. The van der Waals surface area contributed by atoms with Crippen molar-refractivity contribution in [1.29, 1.82) is 0 Å². The average Bonchev–Trinajstić information content (AvgIpc) is 2.40. The van der Waals surface area contributed by atoms with Gasteiger partial charge in [0, 0.05) is 20.0 Å². The molecule has 0 spiro atoms. The summed E-state index contributed by atoms with van der Waals surface area (Å²) < 4.78 is 15.0. The molecule has 1 N–H and O–H groups in total. The Labute approximate surface area is 128 Å². The number of aliphatic hydroxyl groups is 1. The molecule has 0 aliphatic rings. The van der Waals surface area contributed by atoms with Crippen molar-refractivity contribution in [2.75, 3.05) is 6.26 Å². The van der Waals surface area contributed by atoms with Crippen LogP contribution in [0.1, 0.15) is 17.2 Å². The molecule has 1 nitrogen and oxygen atoms in total. The van der Waals surface area contributed by atoms with Crippen LogP contribution in [0.15, 0.2) is 45.8 Å². The van der Waals surface area contributed by atoms with E-state index in [-0.39, 0.29) is 5.56 Å². The summed E-state index contributed by atoms with van der Waals surface area (Å²) >= 11 is 10.5. The summed E-state index contributed by atoms with van der Waals surface area (Å²) in [6, 6.07) is 10.1. The zero-order chi connectivity index (χ0) is 14.0. The molecule has 0 heterocycles. The Morgan fingerprint density at radius 1 is 1.32 bits per heavy atom. The fraction of sp³-hybridized carbons (Fsp3) is 0.143. The maximum Gasteiger partial charge on any atom is 0.142 e. The third kappa shape index (κ3) is 3.31. The van der Waals surface area contributed by atoms with Crippen LogP contribution in [0.2, 0.25) is 5.02 Å². The van der Waals surface area contributed by atoms with Gasteiger partial charge in [-0.3, -0.25) is 0 Å². The van der Waals surface area contributed by atoms with Gasteiger partial charge in [0.2, 0.25) is 0 Å². The number of aliphatic hydroxyl groups excluding tert-OH is 1.